The molecule has 1 amide bonds. The smallest absolute Gasteiger partial charge is 0.228 e. The van der Waals surface area contributed by atoms with Gasteiger partial charge in [0, 0.05) is 29.3 Å². The van der Waals surface area contributed by atoms with Gasteiger partial charge in [-0.05, 0) is 31.0 Å². The molecule has 0 aliphatic heterocycles. The number of aromatic amines is 1. The number of anilines is 1. The highest BCUT2D eigenvalue weighted by Gasteiger charge is 2.30. The van der Waals surface area contributed by atoms with Crippen molar-refractivity contribution in [2.45, 2.75) is 12.8 Å². The number of nitrogens with one attached hydrogen (secondary N) is 2. The van der Waals surface area contributed by atoms with Crippen LogP contribution in [0.2, 0.25) is 10.0 Å². The molecular formula is C18H13Cl2N3O2. The van der Waals surface area contributed by atoms with Crippen molar-refractivity contribution in [1.29, 1.82) is 0 Å². The van der Waals surface area contributed by atoms with Crippen LogP contribution in [0.15, 0.2) is 36.7 Å². The third-order valence-electron chi connectivity index (χ3n) is 4.23. The van der Waals surface area contributed by atoms with Gasteiger partial charge in [-0.3, -0.25) is 9.59 Å². The lowest BCUT2D eigenvalue weighted by Gasteiger charge is -2.06. The van der Waals surface area contributed by atoms with Gasteiger partial charge in [0.05, 0.1) is 21.1 Å². The average molecular weight is 374 g/mol. The molecule has 0 atom stereocenters. The van der Waals surface area contributed by atoms with E-state index in [0.717, 1.165) is 12.8 Å². The highest BCUT2D eigenvalue weighted by molar-refractivity contribution is 6.41. The molecule has 1 aliphatic rings. The number of fused-ring (bicyclic) bond motifs is 1. The number of nitrogens with zero attached hydrogens (tertiary/aromatic N) is 1. The highest BCUT2D eigenvalue weighted by Crippen LogP contribution is 2.33. The lowest BCUT2D eigenvalue weighted by molar-refractivity contribution is -0.117. The predicted molar refractivity (Wildman–Crippen MR) is 97.3 cm³/mol. The Morgan fingerprint density at radius 1 is 1.16 bits per heavy atom. The van der Waals surface area contributed by atoms with Crippen LogP contribution < -0.4 is 5.32 Å². The van der Waals surface area contributed by atoms with Crippen LogP contribution in [0.25, 0.3) is 10.9 Å². The minimum atomic E-state index is -0.285. The molecule has 0 bridgehead atoms. The van der Waals surface area contributed by atoms with E-state index >= 15 is 0 Å². The molecule has 0 spiro atoms. The fourth-order valence-electron chi connectivity index (χ4n) is 2.75. The molecule has 25 heavy (non-hydrogen) atoms. The second-order valence-corrected chi connectivity index (χ2v) is 6.79. The molecule has 1 aromatic carbocycles. The van der Waals surface area contributed by atoms with Gasteiger partial charge in [-0.2, -0.15) is 0 Å². The van der Waals surface area contributed by atoms with Gasteiger partial charge in [-0.1, -0.05) is 29.3 Å². The largest absolute Gasteiger partial charge is 0.357 e. The Labute approximate surface area is 153 Å². The van der Waals surface area contributed by atoms with Crippen LogP contribution in [-0.4, -0.2) is 21.7 Å². The van der Waals surface area contributed by atoms with Gasteiger partial charge in [-0.25, -0.2) is 4.98 Å². The van der Waals surface area contributed by atoms with Crippen molar-refractivity contribution in [3.63, 3.8) is 0 Å². The van der Waals surface area contributed by atoms with Crippen LogP contribution in [0.3, 0.4) is 0 Å². The average Bonchev–Trinajstić information content (AvgIpc) is 3.34. The number of amides is 1. The minimum absolute atomic E-state index is 0.0448. The van der Waals surface area contributed by atoms with Crippen molar-refractivity contribution < 1.29 is 9.59 Å². The molecule has 2 aromatic heterocycles. The summed E-state index contributed by atoms with van der Waals surface area (Å²) >= 11 is 12.3. The van der Waals surface area contributed by atoms with Crippen LogP contribution in [0.1, 0.15) is 28.8 Å². The molecule has 126 valence electrons. The Morgan fingerprint density at radius 2 is 1.88 bits per heavy atom. The fourth-order valence-corrected chi connectivity index (χ4v) is 3.32. The second kappa shape index (κ2) is 6.17. The van der Waals surface area contributed by atoms with Gasteiger partial charge < -0.3 is 10.3 Å². The normalized spacial score (nSPS) is 13.8. The first kappa shape index (κ1) is 16.1. The number of hydrogen-bond donors (Lipinski definition) is 2. The molecule has 2 heterocycles. The fraction of sp³-hybridized carbons (Fsp3) is 0.167. The molecule has 2 N–H and O–H groups in total. The van der Waals surface area contributed by atoms with E-state index in [1.807, 2.05) is 0 Å². The van der Waals surface area contributed by atoms with Crippen molar-refractivity contribution in [2.75, 3.05) is 5.32 Å². The summed E-state index contributed by atoms with van der Waals surface area (Å²) in [4.78, 5) is 32.2. The Balaban J connectivity index is 1.76. The molecule has 4 rings (SSSR count). The maximum atomic E-state index is 12.9. The van der Waals surface area contributed by atoms with Crippen molar-refractivity contribution in [2.24, 2.45) is 5.92 Å². The van der Waals surface area contributed by atoms with Crippen LogP contribution in [0.4, 0.5) is 5.82 Å². The molecule has 0 saturated heterocycles. The number of halogens is 2. The summed E-state index contributed by atoms with van der Waals surface area (Å²) in [5, 5.41) is 4.06. The molecule has 5 nitrogen and oxygen atoms in total. The number of benzene rings is 1. The summed E-state index contributed by atoms with van der Waals surface area (Å²) in [6, 6.07) is 6.65. The molecule has 7 heteroatoms. The summed E-state index contributed by atoms with van der Waals surface area (Å²) in [5.74, 6) is 0.151. The van der Waals surface area contributed by atoms with Crippen LogP contribution in [0.5, 0.6) is 0 Å². The highest BCUT2D eigenvalue weighted by atomic mass is 35.5. The van der Waals surface area contributed by atoms with Crippen LogP contribution in [-0.2, 0) is 4.79 Å². The molecule has 0 unspecified atom stereocenters. The van der Waals surface area contributed by atoms with Gasteiger partial charge in [0.25, 0.3) is 0 Å². The van der Waals surface area contributed by atoms with E-state index in [1.54, 1.807) is 36.7 Å². The Bertz CT molecular complexity index is 988. The zero-order valence-corrected chi connectivity index (χ0v) is 14.5. The zero-order chi connectivity index (χ0) is 17.6. The second-order valence-electron chi connectivity index (χ2n) is 5.97. The summed E-state index contributed by atoms with van der Waals surface area (Å²) in [6.45, 7) is 0. The first-order valence-corrected chi connectivity index (χ1v) is 8.57. The van der Waals surface area contributed by atoms with Gasteiger partial charge in [-0.15, -0.1) is 0 Å². The number of hydrogen-bond acceptors (Lipinski definition) is 3. The van der Waals surface area contributed by atoms with Crippen molar-refractivity contribution in [1.82, 2.24) is 9.97 Å². The Kier molecular flexibility index (Phi) is 3.98. The Morgan fingerprint density at radius 3 is 2.56 bits per heavy atom. The van der Waals surface area contributed by atoms with E-state index in [2.05, 4.69) is 15.3 Å². The summed E-state index contributed by atoms with van der Waals surface area (Å²) in [6.07, 6.45) is 4.95. The number of rotatable bonds is 4. The monoisotopic (exact) mass is 373 g/mol. The van der Waals surface area contributed by atoms with Gasteiger partial charge >= 0.3 is 0 Å². The van der Waals surface area contributed by atoms with E-state index in [9.17, 15) is 9.59 Å². The SMILES string of the molecule is O=C(c1c(Cl)cccc1Cl)c1c[nH]c2c(NC(=O)C3CC3)nccc12. The van der Waals surface area contributed by atoms with Crippen LogP contribution in [0, 0.1) is 5.92 Å². The van der Waals surface area contributed by atoms with E-state index < -0.39 is 0 Å². The molecule has 1 fully saturated rings. The summed E-state index contributed by atoms with van der Waals surface area (Å²) in [5.41, 5.74) is 1.28. The molecule has 0 radical (unpaired) electrons. The maximum Gasteiger partial charge on any atom is 0.228 e. The third-order valence-corrected chi connectivity index (χ3v) is 4.86. The van der Waals surface area contributed by atoms with Gasteiger partial charge in [0.1, 0.15) is 0 Å². The maximum absolute atomic E-state index is 12.9. The molecular weight excluding hydrogens is 361 g/mol. The quantitative estimate of drug-likeness (QED) is 0.663. The van der Waals surface area contributed by atoms with Crippen LogP contribution >= 0.6 is 23.2 Å². The molecule has 3 aromatic rings. The van der Waals surface area contributed by atoms with Crippen molar-refractivity contribution in [3.8, 4) is 0 Å². The summed E-state index contributed by atoms with van der Waals surface area (Å²) < 4.78 is 0. The van der Waals surface area contributed by atoms with E-state index in [-0.39, 0.29) is 23.2 Å². The first-order valence-electron chi connectivity index (χ1n) is 7.82. The number of carbonyl (C=O) groups is 2. The zero-order valence-electron chi connectivity index (χ0n) is 13.0. The lowest BCUT2D eigenvalue weighted by atomic mass is 10.0. The molecule has 1 saturated carbocycles. The standard InChI is InChI=1S/C18H13Cl2N3O2/c19-12-2-1-3-13(20)14(12)16(24)11-8-22-15-10(11)6-7-21-17(15)23-18(25)9-4-5-9/h1-3,6-9,22H,4-5H2,(H,21,23,25). The summed E-state index contributed by atoms with van der Waals surface area (Å²) in [7, 11) is 0. The third kappa shape index (κ3) is 2.90. The number of ketones is 1. The van der Waals surface area contributed by atoms with E-state index in [0.29, 0.717) is 32.3 Å². The number of pyridine rings is 1. The minimum Gasteiger partial charge on any atom is -0.357 e. The predicted octanol–water partition coefficient (Wildman–Crippen LogP) is 4.45. The Hall–Kier alpha value is -2.37. The number of aromatic nitrogens is 2. The lowest BCUT2D eigenvalue weighted by Crippen LogP contribution is -2.14. The number of carbonyl (C=O) groups excluding carboxylic acids is 2. The van der Waals surface area contributed by atoms with E-state index in [1.165, 1.54) is 0 Å². The first-order chi connectivity index (χ1) is 12.1. The van der Waals surface area contributed by atoms with Gasteiger partial charge in [0.2, 0.25) is 5.91 Å². The molecule has 1 aliphatic carbocycles. The van der Waals surface area contributed by atoms with Crippen molar-refractivity contribution in [3.05, 3.63) is 57.8 Å². The van der Waals surface area contributed by atoms with E-state index in [4.69, 9.17) is 23.2 Å². The van der Waals surface area contributed by atoms with Gasteiger partial charge in [0.15, 0.2) is 11.6 Å². The topological polar surface area (TPSA) is 74.8 Å². The number of H-pyrrole nitrogens is 1. The van der Waals surface area contributed by atoms with Crippen molar-refractivity contribution >= 4 is 51.6 Å².